The summed E-state index contributed by atoms with van der Waals surface area (Å²) in [5.74, 6) is 0.450. The van der Waals surface area contributed by atoms with Crippen molar-refractivity contribution in [2.45, 2.75) is 18.0 Å². The number of benzene rings is 2. The van der Waals surface area contributed by atoms with Crippen molar-refractivity contribution in [2.75, 3.05) is 6.26 Å². The van der Waals surface area contributed by atoms with E-state index in [0.717, 1.165) is 16.0 Å². The summed E-state index contributed by atoms with van der Waals surface area (Å²) in [6.07, 6.45) is 3.70. The van der Waals surface area contributed by atoms with E-state index in [1.165, 1.54) is 0 Å². The van der Waals surface area contributed by atoms with Crippen LogP contribution in [0.25, 0.3) is 0 Å². The van der Waals surface area contributed by atoms with E-state index in [2.05, 4.69) is 10.3 Å². The van der Waals surface area contributed by atoms with E-state index in [1.807, 2.05) is 73.0 Å². The van der Waals surface area contributed by atoms with E-state index in [0.29, 0.717) is 24.6 Å². The maximum atomic E-state index is 12.2. The van der Waals surface area contributed by atoms with Gasteiger partial charge < -0.3 is 10.1 Å². The van der Waals surface area contributed by atoms with E-state index in [-0.39, 0.29) is 5.91 Å². The van der Waals surface area contributed by atoms with Crippen LogP contribution in [-0.4, -0.2) is 17.1 Å². The van der Waals surface area contributed by atoms with Gasteiger partial charge in [0.05, 0.1) is 0 Å². The van der Waals surface area contributed by atoms with Gasteiger partial charge in [0.15, 0.2) is 0 Å². The highest BCUT2D eigenvalue weighted by molar-refractivity contribution is 7.98. The lowest BCUT2D eigenvalue weighted by molar-refractivity contribution is 0.0950. The van der Waals surface area contributed by atoms with Crippen LogP contribution in [0.3, 0.4) is 0 Å². The third kappa shape index (κ3) is 5.10. The topological polar surface area (TPSA) is 51.2 Å². The largest absolute Gasteiger partial charge is 0.473 e. The summed E-state index contributed by atoms with van der Waals surface area (Å²) in [6, 6.07) is 21.2. The molecular weight excluding hydrogens is 344 g/mol. The first-order valence-corrected chi connectivity index (χ1v) is 9.51. The molecule has 0 unspecified atom stereocenters. The number of nitrogens with zero attached hydrogens (tertiary/aromatic N) is 1. The first kappa shape index (κ1) is 18.0. The van der Waals surface area contributed by atoms with Gasteiger partial charge >= 0.3 is 0 Å². The number of rotatable bonds is 7. The molecule has 5 heteroatoms. The number of aromatic nitrogens is 1. The summed E-state index contributed by atoms with van der Waals surface area (Å²) in [7, 11) is 0. The van der Waals surface area contributed by atoms with Crippen LogP contribution in [0.4, 0.5) is 0 Å². The zero-order valence-electron chi connectivity index (χ0n) is 14.5. The molecule has 132 valence electrons. The lowest BCUT2D eigenvalue weighted by Crippen LogP contribution is -2.22. The molecule has 0 spiro atoms. The molecular formula is C21H20N2O2S. The van der Waals surface area contributed by atoms with Crippen molar-refractivity contribution in [1.29, 1.82) is 0 Å². The third-order valence-electron chi connectivity index (χ3n) is 3.83. The van der Waals surface area contributed by atoms with Gasteiger partial charge in [-0.1, -0.05) is 30.3 Å². The van der Waals surface area contributed by atoms with Crippen molar-refractivity contribution in [3.8, 4) is 5.88 Å². The number of carbonyl (C=O) groups is 1. The van der Waals surface area contributed by atoms with Crippen LogP contribution in [0.5, 0.6) is 5.88 Å². The summed E-state index contributed by atoms with van der Waals surface area (Å²) in [6.45, 7) is 0.888. The Hall–Kier alpha value is -2.79. The molecule has 3 rings (SSSR count). The number of pyridine rings is 1. The van der Waals surface area contributed by atoms with Crippen molar-refractivity contribution in [3.63, 3.8) is 0 Å². The Morgan fingerprint density at radius 1 is 1.04 bits per heavy atom. The van der Waals surface area contributed by atoms with Crippen LogP contribution in [0.1, 0.15) is 21.5 Å². The SMILES string of the molecule is CSc1ccc(C(=O)NCc2ccnc(OCc3ccccc3)c2)cc1. The summed E-state index contributed by atoms with van der Waals surface area (Å²) < 4.78 is 5.72. The molecule has 3 aromatic rings. The quantitative estimate of drug-likeness (QED) is 0.635. The van der Waals surface area contributed by atoms with Gasteiger partial charge in [-0.2, -0.15) is 0 Å². The molecule has 0 aliphatic carbocycles. The molecule has 0 aliphatic rings. The van der Waals surface area contributed by atoms with Gasteiger partial charge in [0.25, 0.3) is 5.91 Å². The molecule has 0 fully saturated rings. The smallest absolute Gasteiger partial charge is 0.251 e. The molecule has 0 bridgehead atoms. The maximum absolute atomic E-state index is 12.2. The van der Waals surface area contributed by atoms with E-state index in [4.69, 9.17) is 4.74 Å². The normalized spacial score (nSPS) is 10.3. The van der Waals surface area contributed by atoms with Crippen LogP contribution in [-0.2, 0) is 13.2 Å². The molecule has 2 aromatic carbocycles. The van der Waals surface area contributed by atoms with Crippen molar-refractivity contribution in [3.05, 3.63) is 89.6 Å². The molecule has 0 saturated heterocycles. The van der Waals surface area contributed by atoms with E-state index < -0.39 is 0 Å². The lowest BCUT2D eigenvalue weighted by atomic mass is 10.2. The van der Waals surface area contributed by atoms with Crippen molar-refractivity contribution in [2.24, 2.45) is 0 Å². The monoisotopic (exact) mass is 364 g/mol. The zero-order valence-corrected chi connectivity index (χ0v) is 15.3. The highest BCUT2D eigenvalue weighted by Crippen LogP contribution is 2.15. The minimum atomic E-state index is -0.0961. The van der Waals surface area contributed by atoms with Gasteiger partial charge in [0.1, 0.15) is 6.61 Å². The number of thioether (sulfide) groups is 1. The standard InChI is InChI=1S/C21H20N2O2S/c1-26-19-9-7-18(8-10-19)21(24)23-14-17-11-12-22-20(13-17)25-15-16-5-3-2-4-6-16/h2-13H,14-15H2,1H3,(H,23,24). The van der Waals surface area contributed by atoms with Crippen LogP contribution in [0, 0.1) is 0 Å². The number of ether oxygens (including phenoxy) is 1. The van der Waals surface area contributed by atoms with Crippen LogP contribution in [0.2, 0.25) is 0 Å². The fourth-order valence-electron chi connectivity index (χ4n) is 2.40. The lowest BCUT2D eigenvalue weighted by Gasteiger charge is -2.09. The van der Waals surface area contributed by atoms with E-state index >= 15 is 0 Å². The number of carbonyl (C=O) groups excluding carboxylic acids is 1. The molecule has 1 heterocycles. The summed E-state index contributed by atoms with van der Waals surface area (Å²) in [4.78, 5) is 17.6. The van der Waals surface area contributed by atoms with Gasteiger partial charge in [-0.3, -0.25) is 4.79 Å². The minimum absolute atomic E-state index is 0.0961. The Labute approximate surface area is 157 Å². The first-order valence-electron chi connectivity index (χ1n) is 8.28. The number of amides is 1. The Kier molecular flexibility index (Phi) is 6.28. The summed E-state index contributed by atoms with van der Waals surface area (Å²) >= 11 is 1.65. The van der Waals surface area contributed by atoms with Crippen molar-refractivity contribution < 1.29 is 9.53 Å². The molecule has 0 radical (unpaired) electrons. The maximum Gasteiger partial charge on any atom is 0.251 e. The number of hydrogen-bond donors (Lipinski definition) is 1. The average Bonchev–Trinajstić information content (AvgIpc) is 2.71. The summed E-state index contributed by atoms with van der Waals surface area (Å²) in [5, 5.41) is 2.92. The first-order chi connectivity index (χ1) is 12.7. The van der Waals surface area contributed by atoms with Crippen LogP contribution >= 0.6 is 11.8 Å². The number of hydrogen-bond acceptors (Lipinski definition) is 4. The molecule has 1 N–H and O–H groups in total. The Morgan fingerprint density at radius 2 is 1.81 bits per heavy atom. The Bertz CT molecular complexity index is 851. The summed E-state index contributed by atoms with van der Waals surface area (Å²) in [5.41, 5.74) is 2.68. The predicted octanol–water partition coefficient (Wildman–Crippen LogP) is 4.31. The van der Waals surface area contributed by atoms with Gasteiger partial charge in [-0.15, -0.1) is 11.8 Å². The van der Waals surface area contributed by atoms with E-state index in [9.17, 15) is 4.79 Å². The molecule has 4 nitrogen and oxygen atoms in total. The zero-order chi connectivity index (χ0) is 18.2. The number of nitrogens with one attached hydrogen (secondary N) is 1. The van der Waals surface area contributed by atoms with Crippen molar-refractivity contribution >= 4 is 17.7 Å². The van der Waals surface area contributed by atoms with E-state index in [1.54, 1.807) is 18.0 Å². The second-order valence-electron chi connectivity index (χ2n) is 5.69. The molecule has 0 saturated carbocycles. The van der Waals surface area contributed by atoms with Crippen molar-refractivity contribution in [1.82, 2.24) is 10.3 Å². The van der Waals surface area contributed by atoms with Gasteiger partial charge in [0, 0.05) is 29.3 Å². The van der Waals surface area contributed by atoms with Gasteiger partial charge in [-0.05, 0) is 47.7 Å². The molecule has 1 aromatic heterocycles. The molecule has 1 amide bonds. The fraction of sp³-hybridized carbons (Fsp3) is 0.143. The predicted molar refractivity (Wildman–Crippen MR) is 104 cm³/mol. The van der Waals surface area contributed by atoms with Crippen LogP contribution < -0.4 is 10.1 Å². The molecule has 0 atom stereocenters. The third-order valence-corrected chi connectivity index (χ3v) is 4.58. The highest BCUT2D eigenvalue weighted by atomic mass is 32.2. The Morgan fingerprint density at radius 3 is 2.54 bits per heavy atom. The van der Waals surface area contributed by atoms with Gasteiger partial charge in [-0.25, -0.2) is 4.98 Å². The molecule has 0 aliphatic heterocycles. The minimum Gasteiger partial charge on any atom is -0.473 e. The molecule has 26 heavy (non-hydrogen) atoms. The average molecular weight is 364 g/mol. The second-order valence-corrected chi connectivity index (χ2v) is 6.57. The Balaban J connectivity index is 1.55. The highest BCUT2D eigenvalue weighted by Gasteiger charge is 2.06. The van der Waals surface area contributed by atoms with Crippen LogP contribution in [0.15, 0.2) is 77.8 Å². The van der Waals surface area contributed by atoms with Gasteiger partial charge in [0.2, 0.25) is 5.88 Å². The second kappa shape index (κ2) is 9.06. The fourth-order valence-corrected chi connectivity index (χ4v) is 2.81.